The number of hydrogen-bond acceptors (Lipinski definition) is 2. The van der Waals surface area contributed by atoms with Crippen molar-refractivity contribution < 1.29 is 4.74 Å². The van der Waals surface area contributed by atoms with E-state index in [-0.39, 0.29) is 6.61 Å². The smallest absolute Gasteiger partial charge is 0.157 e. The number of nitrogens with one attached hydrogen (secondary N) is 1. The topological polar surface area (TPSA) is 21.3 Å². The molecule has 0 aliphatic heterocycles. The lowest BCUT2D eigenvalue weighted by molar-refractivity contribution is 0.371. The fraction of sp³-hybridized carbons (Fsp3) is 0.222. The third-order valence-electron chi connectivity index (χ3n) is 3.24. The molecule has 0 aromatic heterocycles. The first-order valence-corrected chi connectivity index (χ1v) is 7.77. The summed E-state index contributed by atoms with van der Waals surface area (Å²) in [7, 11) is 0. The highest BCUT2D eigenvalue weighted by molar-refractivity contribution is 6.37. The lowest BCUT2D eigenvalue weighted by Crippen LogP contribution is -2.03. The van der Waals surface area contributed by atoms with E-state index in [4.69, 9.17) is 34.4 Å². The Bertz CT molecular complexity index is 669. The molecule has 0 aliphatic rings. The average molecular weight is 334 g/mol. The van der Waals surface area contributed by atoms with Gasteiger partial charge in [0.05, 0.1) is 10.0 Å². The van der Waals surface area contributed by atoms with Crippen molar-refractivity contribution in [1.82, 2.24) is 0 Å². The van der Waals surface area contributed by atoms with E-state index in [0.29, 0.717) is 22.3 Å². The first kappa shape index (κ1) is 16.5. The lowest BCUT2D eigenvalue weighted by Gasteiger charge is -2.13. The summed E-state index contributed by atoms with van der Waals surface area (Å²) in [5.74, 6) is 2.82. The molecular weight excluding hydrogens is 317 g/mol. The van der Waals surface area contributed by atoms with Crippen LogP contribution in [0.15, 0.2) is 36.4 Å². The van der Waals surface area contributed by atoms with Gasteiger partial charge < -0.3 is 10.1 Å². The number of terminal acetylenes is 1. The van der Waals surface area contributed by atoms with Gasteiger partial charge in [-0.05, 0) is 35.7 Å². The summed E-state index contributed by atoms with van der Waals surface area (Å²) < 4.78 is 5.35. The van der Waals surface area contributed by atoms with Gasteiger partial charge in [0.1, 0.15) is 6.61 Å². The molecule has 1 N–H and O–H groups in total. The van der Waals surface area contributed by atoms with Gasteiger partial charge in [0, 0.05) is 12.2 Å². The number of benzene rings is 2. The Hall–Kier alpha value is -1.82. The van der Waals surface area contributed by atoms with E-state index in [1.54, 1.807) is 0 Å². The van der Waals surface area contributed by atoms with Gasteiger partial charge in [-0.1, -0.05) is 54.2 Å². The molecule has 114 valence electrons. The minimum absolute atomic E-state index is 0.140. The van der Waals surface area contributed by atoms with Crippen LogP contribution in [-0.4, -0.2) is 6.61 Å². The van der Waals surface area contributed by atoms with Crippen molar-refractivity contribution in [3.05, 3.63) is 57.6 Å². The number of para-hydroxylation sites is 1. The fourth-order valence-electron chi connectivity index (χ4n) is 2.16. The van der Waals surface area contributed by atoms with E-state index in [1.807, 2.05) is 24.3 Å². The molecule has 0 saturated heterocycles. The summed E-state index contributed by atoms with van der Waals surface area (Å²) in [5, 5.41) is 4.33. The molecule has 0 aliphatic carbocycles. The van der Waals surface area contributed by atoms with Crippen molar-refractivity contribution in [2.45, 2.75) is 19.9 Å². The summed E-state index contributed by atoms with van der Waals surface area (Å²) in [6, 6.07) is 11.9. The summed E-state index contributed by atoms with van der Waals surface area (Å²) in [4.78, 5) is 0. The molecule has 0 heterocycles. The van der Waals surface area contributed by atoms with Gasteiger partial charge in [-0.3, -0.25) is 0 Å². The molecule has 0 radical (unpaired) electrons. The Balaban J connectivity index is 2.12. The van der Waals surface area contributed by atoms with Crippen LogP contribution in [0, 0.1) is 12.3 Å². The zero-order chi connectivity index (χ0) is 15.9. The summed E-state index contributed by atoms with van der Waals surface area (Å²) >= 11 is 12.4. The van der Waals surface area contributed by atoms with Crippen molar-refractivity contribution in [2.24, 2.45) is 0 Å². The van der Waals surface area contributed by atoms with Crippen molar-refractivity contribution in [3.8, 4) is 18.1 Å². The Morgan fingerprint density at radius 3 is 2.50 bits per heavy atom. The van der Waals surface area contributed by atoms with Gasteiger partial charge in [-0.25, -0.2) is 0 Å². The van der Waals surface area contributed by atoms with E-state index in [0.717, 1.165) is 17.7 Å². The summed E-state index contributed by atoms with van der Waals surface area (Å²) in [6.45, 7) is 2.90. The maximum atomic E-state index is 6.20. The quantitative estimate of drug-likeness (QED) is 0.735. The first-order chi connectivity index (χ1) is 10.7. The fourth-order valence-corrected chi connectivity index (χ4v) is 2.81. The predicted octanol–water partition coefficient (Wildman–Crippen LogP) is 5.18. The molecular formula is C18H17Cl2NO. The number of aryl methyl sites for hydroxylation is 1. The molecule has 4 heteroatoms. The van der Waals surface area contributed by atoms with Crippen LogP contribution in [0.4, 0.5) is 5.69 Å². The molecule has 0 amide bonds. The molecule has 2 nitrogen and oxygen atoms in total. The van der Waals surface area contributed by atoms with Gasteiger partial charge >= 0.3 is 0 Å². The van der Waals surface area contributed by atoms with E-state index >= 15 is 0 Å². The highest BCUT2D eigenvalue weighted by Gasteiger charge is 2.10. The van der Waals surface area contributed by atoms with Gasteiger partial charge in [0.15, 0.2) is 5.75 Å². The Morgan fingerprint density at radius 1 is 1.18 bits per heavy atom. The minimum atomic E-state index is 0.140. The van der Waals surface area contributed by atoms with Crippen LogP contribution in [0.3, 0.4) is 0 Å². The molecule has 0 unspecified atom stereocenters. The molecule has 2 rings (SSSR count). The number of anilines is 1. The molecule has 0 spiro atoms. The highest BCUT2D eigenvalue weighted by atomic mass is 35.5. The largest absolute Gasteiger partial charge is 0.478 e. The molecule has 22 heavy (non-hydrogen) atoms. The van der Waals surface area contributed by atoms with E-state index in [2.05, 4.69) is 30.3 Å². The second kappa shape index (κ2) is 7.98. The summed E-state index contributed by atoms with van der Waals surface area (Å²) in [5.41, 5.74) is 3.37. The minimum Gasteiger partial charge on any atom is -0.478 e. The highest BCUT2D eigenvalue weighted by Crippen LogP contribution is 2.34. The number of halogens is 2. The van der Waals surface area contributed by atoms with Crippen molar-refractivity contribution >= 4 is 28.9 Å². The molecule has 0 fully saturated rings. The maximum absolute atomic E-state index is 6.20. The molecule has 0 atom stereocenters. The Morgan fingerprint density at radius 2 is 1.86 bits per heavy atom. The Kier molecular flexibility index (Phi) is 6.00. The van der Waals surface area contributed by atoms with Crippen LogP contribution < -0.4 is 10.1 Å². The van der Waals surface area contributed by atoms with Crippen molar-refractivity contribution in [3.63, 3.8) is 0 Å². The molecule has 0 bridgehead atoms. The van der Waals surface area contributed by atoms with E-state index < -0.39 is 0 Å². The van der Waals surface area contributed by atoms with Crippen LogP contribution in [0.5, 0.6) is 5.75 Å². The zero-order valence-corrected chi connectivity index (χ0v) is 13.8. The monoisotopic (exact) mass is 333 g/mol. The van der Waals surface area contributed by atoms with Gasteiger partial charge in [0.2, 0.25) is 0 Å². The lowest BCUT2D eigenvalue weighted by atomic mass is 10.1. The van der Waals surface area contributed by atoms with Crippen LogP contribution in [0.1, 0.15) is 18.1 Å². The van der Waals surface area contributed by atoms with Crippen molar-refractivity contribution in [1.29, 1.82) is 0 Å². The number of rotatable bonds is 6. The molecule has 2 aromatic rings. The van der Waals surface area contributed by atoms with E-state index in [1.165, 1.54) is 5.56 Å². The third-order valence-corrected chi connectivity index (χ3v) is 3.80. The van der Waals surface area contributed by atoms with Crippen LogP contribution >= 0.6 is 23.2 Å². The normalized spacial score (nSPS) is 10.1. The van der Waals surface area contributed by atoms with E-state index in [9.17, 15) is 0 Å². The second-order valence-corrected chi connectivity index (χ2v) is 5.56. The predicted molar refractivity (Wildman–Crippen MR) is 93.9 cm³/mol. The second-order valence-electron chi connectivity index (χ2n) is 4.75. The van der Waals surface area contributed by atoms with Gasteiger partial charge in [-0.15, -0.1) is 6.42 Å². The van der Waals surface area contributed by atoms with Crippen LogP contribution in [-0.2, 0) is 13.0 Å². The molecule has 2 aromatic carbocycles. The van der Waals surface area contributed by atoms with Crippen molar-refractivity contribution in [2.75, 3.05) is 11.9 Å². The SMILES string of the molecule is C#CCOc1c(Cl)cc(CNc2ccccc2CC)cc1Cl. The maximum Gasteiger partial charge on any atom is 0.157 e. The number of ether oxygens (including phenoxy) is 1. The standard InChI is InChI=1S/C18H17Cl2NO/c1-3-9-22-18-15(19)10-13(11-16(18)20)12-21-17-8-6-5-7-14(17)4-2/h1,5-8,10-11,21H,4,9,12H2,2H3. The number of hydrogen-bond donors (Lipinski definition) is 1. The Labute approximate surface area is 141 Å². The third kappa shape index (κ3) is 4.10. The first-order valence-electron chi connectivity index (χ1n) is 7.01. The molecule has 0 saturated carbocycles. The van der Waals surface area contributed by atoms with Gasteiger partial charge in [0.25, 0.3) is 0 Å². The van der Waals surface area contributed by atoms with Crippen LogP contribution in [0.25, 0.3) is 0 Å². The average Bonchev–Trinajstić information content (AvgIpc) is 2.52. The van der Waals surface area contributed by atoms with Gasteiger partial charge in [-0.2, -0.15) is 0 Å². The summed E-state index contributed by atoms with van der Waals surface area (Å²) in [6.07, 6.45) is 6.15. The van der Waals surface area contributed by atoms with Crippen LogP contribution in [0.2, 0.25) is 10.0 Å². The zero-order valence-electron chi connectivity index (χ0n) is 12.3.